The molecule has 1 fully saturated rings. The van der Waals surface area contributed by atoms with Crippen LogP contribution in [0.4, 0.5) is 0 Å². The summed E-state index contributed by atoms with van der Waals surface area (Å²) in [7, 11) is -3.39. The summed E-state index contributed by atoms with van der Waals surface area (Å²) in [5.41, 5.74) is 0. The van der Waals surface area contributed by atoms with Crippen molar-refractivity contribution in [1.82, 2.24) is 9.62 Å². The standard InChI is InChI=1S/C15H26N2O5S/c1-2-23(20,21)16-13-7-6-12(22-14(13)11-18)10-15(19)17-8-4-3-5-9-17/h6-7,12-14,16,18H,2-5,8-11H2,1H3/t12-,13-,14+/m1/s1. The minimum absolute atomic E-state index is 0.0354. The first-order chi connectivity index (χ1) is 10.9. The molecule has 0 spiro atoms. The van der Waals surface area contributed by atoms with Crippen LogP contribution >= 0.6 is 0 Å². The summed E-state index contributed by atoms with van der Waals surface area (Å²) >= 11 is 0. The van der Waals surface area contributed by atoms with E-state index in [9.17, 15) is 18.3 Å². The van der Waals surface area contributed by atoms with E-state index in [0.717, 1.165) is 32.4 Å². The summed E-state index contributed by atoms with van der Waals surface area (Å²) < 4.78 is 31.5. The normalized spacial score (nSPS) is 28.8. The fraction of sp³-hybridized carbons (Fsp3) is 0.800. The van der Waals surface area contributed by atoms with Crippen molar-refractivity contribution in [3.63, 3.8) is 0 Å². The van der Waals surface area contributed by atoms with Gasteiger partial charge in [0.25, 0.3) is 0 Å². The SMILES string of the molecule is CCS(=O)(=O)N[C@@H]1C=C[C@H](CC(=O)N2CCCCC2)O[C@H]1CO. The number of nitrogens with one attached hydrogen (secondary N) is 1. The Kier molecular flexibility index (Phi) is 6.58. The summed E-state index contributed by atoms with van der Waals surface area (Å²) in [5.74, 6) is 0.00967. The van der Waals surface area contributed by atoms with Crippen LogP contribution in [0.1, 0.15) is 32.6 Å². The Hall–Kier alpha value is -0.960. The molecule has 0 aromatic rings. The van der Waals surface area contributed by atoms with Gasteiger partial charge < -0.3 is 14.7 Å². The molecule has 0 radical (unpaired) electrons. The molecular weight excluding hydrogens is 320 g/mol. The molecule has 0 aromatic heterocycles. The third-order valence-electron chi connectivity index (χ3n) is 4.24. The van der Waals surface area contributed by atoms with Gasteiger partial charge in [-0.3, -0.25) is 4.79 Å². The first-order valence-corrected chi connectivity index (χ1v) is 9.83. The molecule has 2 N–H and O–H groups in total. The summed E-state index contributed by atoms with van der Waals surface area (Å²) in [5, 5.41) is 9.44. The Morgan fingerprint density at radius 1 is 1.30 bits per heavy atom. The van der Waals surface area contributed by atoms with Gasteiger partial charge in [0.2, 0.25) is 15.9 Å². The number of aliphatic hydroxyl groups excluding tert-OH is 1. The molecule has 2 aliphatic heterocycles. The molecule has 2 heterocycles. The summed E-state index contributed by atoms with van der Waals surface area (Å²) in [4.78, 5) is 14.1. The first-order valence-electron chi connectivity index (χ1n) is 8.17. The summed E-state index contributed by atoms with van der Waals surface area (Å²) in [6, 6.07) is -0.605. The zero-order valence-corrected chi connectivity index (χ0v) is 14.3. The highest BCUT2D eigenvalue weighted by Gasteiger charge is 2.31. The molecule has 2 aliphatic rings. The van der Waals surface area contributed by atoms with Gasteiger partial charge in [-0.2, -0.15) is 0 Å². The number of rotatable bonds is 6. The van der Waals surface area contributed by atoms with Crippen molar-refractivity contribution < 1.29 is 23.1 Å². The molecule has 0 aromatic carbocycles. The second-order valence-electron chi connectivity index (χ2n) is 5.97. The van der Waals surface area contributed by atoms with Crippen molar-refractivity contribution in [1.29, 1.82) is 0 Å². The number of sulfonamides is 1. The summed E-state index contributed by atoms with van der Waals surface area (Å²) in [6.07, 6.45) is 5.73. The van der Waals surface area contributed by atoms with Crippen LogP contribution in [0.3, 0.4) is 0 Å². The number of hydrogen-bond acceptors (Lipinski definition) is 5. The van der Waals surface area contributed by atoms with Gasteiger partial charge in [-0.1, -0.05) is 12.2 Å². The van der Waals surface area contributed by atoms with Gasteiger partial charge in [0.15, 0.2) is 0 Å². The highest BCUT2D eigenvalue weighted by molar-refractivity contribution is 7.89. The van der Waals surface area contributed by atoms with E-state index in [0.29, 0.717) is 0 Å². The van der Waals surface area contributed by atoms with Gasteiger partial charge in [0, 0.05) is 13.1 Å². The second-order valence-corrected chi connectivity index (χ2v) is 8.02. The molecule has 0 unspecified atom stereocenters. The smallest absolute Gasteiger partial charge is 0.225 e. The lowest BCUT2D eigenvalue weighted by Crippen LogP contribution is -2.49. The molecule has 0 saturated carbocycles. The van der Waals surface area contributed by atoms with Crippen molar-refractivity contribution in [3.05, 3.63) is 12.2 Å². The van der Waals surface area contributed by atoms with Gasteiger partial charge in [-0.05, 0) is 26.2 Å². The molecule has 0 aliphatic carbocycles. The van der Waals surface area contributed by atoms with Crippen molar-refractivity contribution >= 4 is 15.9 Å². The summed E-state index contributed by atoms with van der Waals surface area (Å²) in [6.45, 7) is 2.81. The minimum Gasteiger partial charge on any atom is -0.394 e. The Balaban J connectivity index is 1.94. The number of likely N-dealkylation sites (tertiary alicyclic amines) is 1. The zero-order valence-electron chi connectivity index (χ0n) is 13.5. The number of aliphatic hydroxyl groups is 1. The molecule has 1 saturated heterocycles. The first kappa shape index (κ1) is 18.4. The molecule has 2 rings (SSSR count). The number of amides is 1. The Morgan fingerprint density at radius 3 is 2.61 bits per heavy atom. The van der Waals surface area contributed by atoms with E-state index in [-0.39, 0.29) is 24.7 Å². The Bertz CT molecular complexity index is 528. The largest absolute Gasteiger partial charge is 0.394 e. The Labute approximate surface area is 137 Å². The number of hydrogen-bond donors (Lipinski definition) is 2. The van der Waals surface area contributed by atoms with Gasteiger partial charge >= 0.3 is 0 Å². The van der Waals surface area contributed by atoms with Crippen molar-refractivity contribution in [2.24, 2.45) is 0 Å². The predicted octanol–water partition coefficient (Wildman–Crippen LogP) is 0.0128. The maximum atomic E-state index is 12.3. The van der Waals surface area contributed by atoms with Crippen molar-refractivity contribution in [3.8, 4) is 0 Å². The van der Waals surface area contributed by atoms with Crippen molar-refractivity contribution in [2.75, 3.05) is 25.4 Å². The van der Waals surface area contributed by atoms with Gasteiger partial charge in [-0.15, -0.1) is 0 Å². The number of carbonyl (C=O) groups excluding carboxylic acids is 1. The van der Waals surface area contributed by atoms with Crippen LogP contribution in [0.2, 0.25) is 0 Å². The molecule has 3 atom stereocenters. The quantitative estimate of drug-likeness (QED) is 0.661. The van der Waals surface area contributed by atoms with E-state index in [2.05, 4.69) is 4.72 Å². The maximum absolute atomic E-state index is 12.3. The lowest BCUT2D eigenvalue weighted by atomic mass is 10.0. The molecule has 23 heavy (non-hydrogen) atoms. The number of carbonyl (C=O) groups is 1. The van der Waals surface area contributed by atoms with Crippen LogP contribution in [0.5, 0.6) is 0 Å². The fourth-order valence-electron chi connectivity index (χ4n) is 2.85. The third kappa shape index (κ3) is 5.27. The maximum Gasteiger partial charge on any atom is 0.225 e. The lowest BCUT2D eigenvalue weighted by molar-refractivity contribution is -0.136. The highest BCUT2D eigenvalue weighted by Crippen LogP contribution is 2.18. The van der Waals surface area contributed by atoms with E-state index >= 15 is 0 Å². The minimum atomic E-state index is -3.39. The van der Waals surface area contributed by atoms with Gasteiger partial charge in [0.05, 0.1) is 30.9 Å². The molecule has 7 nitrogen and oxygen atoms in total. The van der Waals surface area contributed by atoms with Crippen molar-refractivity contribution in [2.45, 2.75) is 50.9 Å². The predicted molar refractivity (Wildman–Crippen MR) is 86.3 cm³/mol. The number of ether oxygens (including phenoxy) is 1. The average Bonchev–Trinajstić information content (AvgIpc) is 2.56. The van der Waals surface area contributed by atoms with E-state index in [1.807, 2.05) is 4.90 Å². The van der Waals surface area contributed by atoms with E-state index in [1.165, 1.54) is 0 Å². The molecule has 0 bridgehead atoms. The van der Waals surface area contributed by atoms with Crippen LogP contribution in [0, 0.1) is 0 Å². The number of nitrogens with zero attached hydrogens (tertiary/aromatic N) is 1. The molecule has 1 amide bonds. The molecule has 8 heteroatoms. The van der Waals surface area contributed by atoms with Crippen LogP contribution in [-0.2, 0) is 19.6 Å². The van der Waals surface area contributed by atoms with Crippen LogP contribution in [0.25, 0.3) is 0 Å². The van der Waals surface area contributed by atoms with E-state index < -0.39 is 28.3 Å². The molecular formula is C15H26N2O5S. The van der Waals surface area contributed by atoms with Crippen LogP contribution in [0.15, 0.2) is 12.2 Å². The second kappa shape index (κ2) is 8.23. The fourth-order valence-corrected chi connectivity index (χ4v) is 3.66. The topological polar surface area (TPSA) is 95.9 Å². The number of piperidine rings is 1. The Morgan fingerprint density at radius 2 is 2.00 bits per heavy atom. The average molecular weight is 346 g/mol. The monoisotopic (exact) mass is 346 g/mol. The highest BCUT2D eigenvalue weighted by atomic mass is 32.2. The van der Waals surface area contributed by atoms with E-state index in [4.69, 9.17) is 4.74 Å². The van der Waals surface area contributed by atoms with E-state index in [1.54, 1.807) is 19.1 Å². The third-order valence-corrected chi connectivity index (χ3v) is 5.63. The van der Waals surface area contributed by atoms with Crippen LogP contribution < -0.4 is 4.72 Å². The molecule has 132 valence electrons. The van der Waals surface area contributed by atoms with Gasteiger partial charge in [0.1, 0.15) is 6.10 Å². The lowest BCUT2D eigenvalue weighted by Gasteiger charge is -2.33. The van der Waals surface area contributed by atoms with Crippen LogP contribution in [-0.4, -0.2) is 68.0 Å². The van der Waals surface area contributed by atoms with Gasteiger partial charge in [-0.25, -0.2) is 13.1 Å². The zero-order chi connectivity index (χ0) is 16.9.